The Bertz CT molecular complexity index is 1050. The summed E-state index contributed by atoms with van der Waals surface area (Å²) in [5, 5.41) is 9.30. The number of hydrogen-bond donors (Lipinski definition) is 2. The van der Waals surface area contributed by atoms with Crippen LogP contribution in [0.3, 0.4) is 0 Å². The number of anilines is 2. The molecule has 1 spiro atoms. The van der Waals surface area contributed by atoms with Gasteiger partial charge in [-0.05, 0) is 61.1 Å². The molecule has 2 aliphatic carbocycles. The summed E-state index contributed by atoms with van der Waals surface area (Å²) in [4.78, 5) is 34.6. The molecule has 5 rings (SSSR count). The predicted octanol–water partition coefficient (Wildman–Crippen LogP) is 3.75. The summed E-state index contributed by atoms with van der Waals surface area (Å²) in [5.41, 5.74) is 8.97. The summed E-state index contributed by atoms with van der Waals surface area (Å²) in [6.45, 7) is 4.65. The van der Waals surface area contributed by atoms with Crippen molar-refractivity contribution in [2.75, 3.05) is 17.2 Å². The van der Waals surface area contributed by atoms with E-state index in [1.165, 1.54) is 11.9 Å². The van der Waals surface area contributed by atoms with Gasteiger partial charge in [0.2, 0.25) is 0 Å². The fraction of sp³-hybridized carbons (Fsp3) is 0.500. The highest BCUT2D eigenvalue weighted by Gasteiger charge is 2.58. The van der Waals surface area contributed by atoms with Crippen molar-refractivity contribution in [3.05, 3.63) is 47.4 Å². The zero-order chi connectivity index (χ0) is 22.0. The first-order valence-corrected chi connectivity index (χ1v) is 11.0. The Morgan fingerprint density at radius 3 is 2.45 bits per heavy atom. The Kier molecular flexibility index (Phi) is 4.36. The van der Waals surface area contributed by atoms with Gasteiger partial charge in [-0.15, -0.1) is 0 Å². The summed E-state index contributed by atoms with van der Waals surface area (Å²) in [5.74, 6) is -0.255. The molecule has 1 atom stereocenters. The van der Waals surface area contributed by atoms with Crippen LogP contribution in [-0.4, -0.2) is 33.5 Å². The number of aromatic nitrogens is 2. The number of rotatable bonds is 3. The molecule has 2 saturated carbocycles. The van der Waals surface area contributed by atoms with Gasteiger partial charge >= 0.3 is 5.97 Å². The average molecular weight is 421 g/mol. The Balaban J connectivity index is 1.34. The molecule has 2 heterocycles. The number of amides is 1. The zero-order valence-electron chi connectivity index (χ0n) is 18.0. The van der Waals surface area contributed by atoms with Crippen LogP contribution in [0.4, 0.5) is 11.5 Å². The van der Waals surface area contributed by atoms with Crippen molar-refractivity contribution in [1.82, 2.24) is 9.97 Å². The molecule has 1 amide bonds. The van der Waals surface area contributed by atoms with Gasteiger partial charge < -0.3 is 15.7 Å². The first-order valence-electron chi connectivity index (χ1n) is 11.0. The van der Waals surface area contributed by atoms with E-state index in [9.17, 15) is 14.7 Å². The molecule has 2 fully saturated rings. The largest absolute Gasteiger partial charge is 0.481 e. The molecule has 31 heavy (non-hydrogen) atoms. The number of benzene rings is 1. The smallest absolute Gasteiger partial charge is 0.307 e. The third-order valence-electron chi connectivity index (χ3n) is 7.68. The van der Waals surface area contributed by atoms with Crippen molar-refractivity contribution < 1.29 is 14.7 Å². The lowest BCUT2D eigenvalue weighted by Gasteiger charge is -2.38. The van der Waals surface area contributed by atoms with Crippen LogP contribution in [-0.2, 0) is 10.2 Å². The van der Waals surface area contributed by atoms with E-state index < -0.39 is 5.97 Å². The molecule has 7 nitrogen and oxygen atoms in total. The minimum absolute atomic E-state index is 0.0590. The molecule has 162 valence electrons. The second-order valence-electron chi connectivity index (χ2n) is 10.1. The number of carbonyl (C=O) groups excluding carboxylic acids is 1. The summed E-state index contributed by atoms with van der Waals surface area (Å²) < 4.78 is 0. The van der Waals surface area contributed by atoms with Crippen molar-refractivity contribution in [3.63, 3.8) is 0 Å². The molecule has 3 aliphatic rings. The van der Waals surface area contributed by atoms with Gasteiger partial charge in [0.15, 0.2) is 0 Å². The third kappa shape index (κ3) is 3.18. The van der Waals surface area contributed by atoms with Crippen LogP contribution in [0.25, 0.3) is 0 Å². The van der Waals surface area contributed by atoms with Crippen LogP contribution in [0, 0.1) is 11.3 Å². The van der Waals surface area contributed by atoms with Crippen LogP contribution in [0.5, 0.6) is 0 Å². The van der Waals surface area contributed by atoms with E-state index in [0.717, 1.165) is 37.8 Å². The van der Waals surface area contributed by atoms with E-state index in [1.54, 1.807) is 4.90 Å². The van der Waals surface area contributed by atoms with Crippen molar-refractivity contribution in [3.8, 4) is 0 Å². The first kappa shape index (κ1) is 20.0. The Morgan fingerprint density at radius 2 is 1.84 bits per heavy atom. The predicted molar refractivity (Wildman–Crippen MR) is 117 cm³/mol. The third-order valence-corrected chi connectivity index (χ3v) is 7.68. The normalized spacial score (nSPS) is 29.0. The van der Waals surface area contributed by atoms with Crippen molar-refractivity contribution >= 4 is 23.4 Å². The van der Waals surface area contributed by atoms with Crippen LogP contribution in [0.2, 0.25) is 0 Å². The minimum Gasteiger partial charge on any atom is -0.481 e. The Labute approximate surface area is 181 Å². The highest BCUT2D eigenvalue weighted by Crippen LogP contribution is 2.63. The number of carbonyl (C=O) groups is 2. The van der Waals surface area contributed by atoms with Crippen LogP contribution in [0.1, 0.15) is 73.5 Å². The highest BCUT2D eigenvalue weighted by atomic mass is 16.4. The van der Waals surface area contributed by atoms with Gasteiger partial charge in [-0.2, -0.15) is 0 Å². The lowest BCUT2D eigenvalue weighted by atomic mass is 9.75. The number of hydrogen-bond acceptors (Lipinski definition) is 5. The monoisotopic (exact) mass is 420 g/mol. The van der Waals surface area contributed by atoms with Crippen LogP contribution >= 0.6 is 0 Å². The molecule has 0 radical (unpaired) electrons. The van der Waals surface area contributed by atoms with Gasteiger partial charge in [-0.1, -0.05) is 26.0 Å². The molecular formula is C24H28N4O3. The molecular weight excluding hydrogens is 392 g/mol. The highest BCUT2D eigenvalue weighted by molar-refractivity contribution is 6.11. The molecule has 0 bridgehead atoms. The number of aliphatic carboxylic acids is 1. The van der Waals surface area contributed by atoms with Gasteiger partial charge in [0.1, 0.15) is 17.7 Å². The number of fused-ring (bicyclic) bond motifs is 1. The molecule has 0 saturated heterocycles. The van der Waals surface area contributed by atoms with Crippen LogP contribution < -0.4 is 10.6 Å². The number of carboxylic acid groups (broad SMARTS) is 1. The quantitative estimate of drug-likeness (QED) is 0.783. The molecule has 1 aromatic carbocycles. The lowest BCUT2D eigenvalue weighted by Crippen LogP contribution is -2.48. The zero-order valence-corrected chi connectivity index (χ0v) is 18.0. The van der Waals surface area contributed by atoms with Crippen molar-refractivity contribution in [2.45, 2.75) is 57.3 Å². The molecule has 1 aromatic heterocycles. The molecule has 1 aliphatic heterocycles. The summed E-state index contributed by atoms with van der Waals surface area (Å²) in [7, 11) is 0. The molecule has 1 unspecified atom stereocenters. The van der Waals surface area contributed by atoms with Gasteiger partial charge in [0.25, 0.3) is 5.91 Å². The molecule has 7 heteroatoms. The van der Waals surface area contributed by atoms with Gasteiger partial charge in [0, 0.05) is 17.6 Å². The van der Waals surface area contributed by atoms with E-state index >= 15 is 0 Å². The maximum atomic E-state index is 13.2. The van der Waals surface area contributed by atoms with Gasteiger partial charge in [-0.25, -0.2) is 9.97 Å². The average Bonchev–Trinajstić information content (AvgIpc) is 3.45. The van der Waals surface area contributed by atoms with Crippen molar-refractivity contribution in [1.29, 1.82) is 0 Å². The lowest BCUT2D eigenvalue weighted by molar-refractivity contribution is -0.139. The van der Waals surface area contributed by atoms with Gasteiger partial charge in [-0.3, -0.25) is 9.59 Å². The van der Waals surface area contributed by atoms with E-state index in [2.05, 4.69) is 35.9 Å². The Morgan fingerprint density at radius 1 is 1.16 bits per heavy atom. The van der Waals surface area contributed by atoms with E-state index in [1.807, 2.05) is 12.1 Å². The fourth-order valence-corrected chi connectivity index (χ4v) is 5.71. The van der Waals surface area contributed by atoms with Crippen molar-refractivity contribution in [2.24, 2.45) is 11.3 Å². The standard InChI is InChI=1S/C24H28N4O3/c1-23(2)12-28(21(29)18-19(23)26-13-27-20(18)25)16-5-3-14(4-6-16)15-7-9-24(10-8-15)11-17(24)22(30)31/h3-6,13,15,17H,7-12H2,1-2H3,(H,30,31)(H2,25,26,27). The van der Waals surface area contributed by atoms with E-state index in [0.29, 0.717) is 23.7 Å². The second-order valence-corrected chi connectivity index (χ2v) is 10.1. The Hall–Kier alpha value is -2.96. The van der Waals surface area contributed by atoms with Gasteiger partial charge in [0.05, 0.1) is 11.6 Å². The first-order chi connectivity index (χ1) is 14.7. The topological polar surface area (TPSA) is 109 Å². The molecule has 2 aromatic rings. The summed E-state index contributed by atoms with van der Waals surface area (Å²) in [6.07, 6.45) is 6.30. The SMILES string of the molecule is CC1(C)CN(c2ccc(C3CCC4(CC3)CC4C(=O)O)cc2)C(=O)c2c(N)ncnc21. The number of nitrogen functional groups attached to an aromatic ring is 1. The number of carboxylic acids is 1. The maximum Gasteiger partial charge on any atom is 0.307 e. The fourth-order valence-electron chi connectivity index (χ4n) is 5.71. The summed E-state index contributed by atoms with van der Waals surface area (Å²) in [6, 6.07) is 8.24. The maximum absolute atomic E-state index is 13.2. The second kappa shape index (κ2) is 6.77. The summed E-state index contributed by atoms with van der Waals surface area (Å²) >= 11 is 0. The van der Waals surface area contributed by atoms with Crippen LogP contribution in [0.15, 0.2) is 30.6 Å². The number of nitrogens with zero attached hydrogens (tertiary/aromatic N) is 3. The minimum atomic E-state index is -0.635. The number of nitrogens with two attached hydrogens (primary N) is 1. The molecule has 3 N–H and O–H groups in total. The van der Waals surface area contributed by atoms with E-state index in [-0.39, 0.29) is 28.5 Å². The van der Waals surface area contributed by atoms with E-state index in [4.69, 9.17) is 5.73 Å².